The molecule has 2 aromatic heterocycles. The van der Waals surface area contributed by atoms with Crippen molar-refractivity contribution in [2.24, 2.45) is 0 Å². The molecule has 0 aliphatic rings. The molecule has 2 aromatic rings. The van der Waals surface area contributed by atoms with Gasteiger partial charge in [-0.3, -0.25) is 4.68 Å². The van der Waals surface area contributed by atoms with E-state index in [1.54, 1.807) is 12.4 Å². The third-order valence-electron chi connectivity index (χ3n) is 3.39. The van der Waals surface area contributed by atoms with E-state index in [0.29, 0.717) is 0 Å². The third kappa shape index (κ3) is 3.89. The Labute approximate surface area is 134 Å². The first-order valence-corrected chi connectivity index (χ1v) is 8.18. The molecule has 0 aromatic carbocycles. The second kappa shape index (κ2) is 7.66. The van der Waals surface area contributed by atoms with Crippen LogP contribution in [0.5, 0.6) is 0 Å². The van der Waals surface area contributed by atoms with Gasteiger partial charge in [0.25, 0.3) is 0 Å². The summed E-state index contributed by atoms with van der Waals surface area (Å²) in [4.78, 5) is 8.80. The molecule has 5 nitrogen and oxygen atoms in total. The van der Waals surface area contributed by atoms with Crippen molar-refractivity contribution in [3.05, 3.63) is 40.1 Å². The standard InChI is InChI=1S/C15H22BrN5/c1-4-7-17-12(15-18-8-6-9-19-15)10-13-14(16)11(3)20-21(13)5-2/h6,8-9,12,17H,4-5,7,10H2,1-3H3. The van der Waals surface area contributed by atoms with Gasteiger partial charge in [0.2, 0.25) is 0 Å². The largest absolute Gasteiger partial charge is 0.307 e. The van der Waals surface area contributed by atoms with Gasteiger partial charge in [0.05, 0.1) is 21.9 Å². The van der Waals surface area contributed by atoms with Crippen molar-refractivity contribution in [2.45, 2.75) is 46.2 Å². The van der Waals surface area contributed by atoms with Gasteiger partial charge in [0.1, 0.15) is 5.82 Å². The van der Waals surface area contributed by atoms with E-state index in [4.69, 9.17) is 0 Å². The minimum atomic E-state index is 0.101. The number of hydrogen-bond acceptors (Lipinski definition) is 4. The number of nitrogens with zero attached hydrogens (tertiary/aromatic N) is 4. The van der Waals surface area contributed by atoms with Crippen LogP contribution in [0, 0.1) is 6.92 Å². The van der Waals surface area contributed by atoms with Crippen LogP contribution in [0.2, 0.25) is 0 Å². The highest BCUT2D eigenvalue weighted by Crippen LogP contribution is 2.25. The van der Waals surface area contributed by atoms with Crippen LogP contribution in [0.15, 0.2) is 22.9 Å². The molecule has 0 saturated heterocycles. The number of rotatable bonds is 7. The Hall–Kier alpha value is -1.27. The Balaban J connectivity index is 2.27. The quantitative estimate of drug-likeness (QED) is 0.832. The predicted molar refractivity (Wildman–Crippen MR) is 87.1 cm³/mol. The fraction of sp³-hybridized carbons (Fsp3) is 0.533. The summed E-state index contributed by atoms with van der Waals surface area (Å²) in [6, 6.07) is 1.94. The first kappa shape index (κ1) is 16.1. The summed E-state index contributed by atoms with van der Waals surface area (Å²) in [5, 5.41) is 8.09. The molecule has 114 valence electrons. The normalized spacial score (nSPS) is 12.6. The van der Waals surface area contributed by atoms with Crippen molar-refractivity contribution in [3.8, 4) is 0 Å². The fourth-order valence-electron chi connectivity index (χ4n) is 2.32. The Morgan fingerprint density at radius 2 is 2.00 bits per heavy atom. The highest BCUT2D eigenvalue weighted by Gasteiger charge is 2.20. The van der Waals surface area contributed by atoms with Crippen molar-refractivity contribution in [3.63, 3.8) is 0 Å². The van der Waals surface area contributed by atoms with E-state index in [2.05, 4.69) is 50.2 Å². The van der Waals surface area contributed by atoms with Crippen LogP contribution in [0.25, 0.3) is 0 Å². The zero-order valence-electron chi connectivity index (χ0n) is 12.8. The van der Waals surface area contributed by atoms with E-state index in [1.165, 1.54) is 5.69 Å². The molecule has 0 radical (unpaired) electrons. The molecule has 0 bridgehead atoms. The smallest absolute Gasteiger partial charge is 0.145 e. The number of aryl methyl sites for hydroxylation is 2. The van der Waals surface area contributed by atoms with Crippen LogP contribution < -0.4 is 5.32 Å². The van der Waals surface area contributed by atoms with Gasteiger partial charge in [0, 0.05) is 25.4 Å². The molecule has 1 atom stereocenters. The zero-order chi connectivity index (χ0) is 15.2. The summed E-state index contributed by atoms with van der Waals surface area (Å²) in [5.41, 5.74) is 2.21. The molecule has 2 rings (SSSR count). The highest BCUT2D eigenvalue weighted by molar-refractivity contribution is 9.10. The number of nitrogens with one attached hydrogen (secondary N) is 1. The zero-order valence-corrected chi connectivity index (χ0v) is 14.4. The summed E-state index contributed by atoms with van der Waals surface area (Å²) >= 11 is 3.66. The van der Waals surface area contributed by atoms with Crippen LogP contribution in [-0.4, -0.2) is 26.3 Å². The molecule has 21 heavy (non-hydrogen) atoms. The molecule has 0 saturated carbocycles. The topological polar surface area (TPSA) is 55.6 Å². The lowest BCUT2D eigenvalue weighted by molar-refractivity contribution is 0.482. The van der Waals surface area contributed by atoms with E-state index >= 15 is 0 Å². The van der Waals surface area contributed by atoms with Crippen LogP contribution in [-0.2, 0) is 13.0 Å². The summed E-state index contributed by atoms with van der Waals surface area (Å²) < 4.78 is 3.13. The van der Waals surface area contributed by atoms with Crippen molar-refractivity contribution in [1.82, 2.24) is 25.1 Å². The number of hydrogen-bond donors (Lipinski definition) is 1. The van der Waals surface area contributed by atoms with E-state index < -0.39 is 0 Å². The maximum absolute atomic E-state index is 4.56. The highest BCUT2D eigenvalue weighted by atomic mass is 79.9. The predicted octanol–water partition coefficient (Wildman–Crippen LogP) is 3.05. The second-order valence-electron chi connectivity index (χ2n) is 4.98. The lowest BCUT2D eigenvalue weighted by atomic mass is 10.1. The Morgan fingerprint density at radius 3 is 2.62 bits per heavy atom. The molecule has 6 heteroatoms. The minimum absolute atomic E-state index is 0.101. The molecular weight excluding hydrogens is 330 g/mol. The lowest BCUT2D eigenvalue weighted by Crippen LogP contribution is -2.27. The Bertz CT molecular complexity index is 567. The van der Waals surface area contributed by atoms with E-state index in [9.17, 15) is 0 Å². The summed E-state index contributed by atoms with van der Waals surface area (Å²) in [6.07, 6.45) is 5.48. The summed E-state index contributed by atoms with van der Waals surface area (Å²) in [7, 11) is 0. The molecule has 1 N–H and O–H groups in total. The average molecular weight is 352 g/mol. The van der Waals surface area contributed by atoms with Crippen LogP contribution in [0.3, 0.4) is 0 Å². The lowest BCUT2D eigenvalue weighted by Gasteiger charge is -2.18. The Kier molecular flexibility index (Phi) is 5.87. The summed E-state index contributed by atoms with van der Waals surface area (Å²) in [5.74, 6) is 0.833. The van der Waals surface area contributed by atoms with Crippen molar-refractivity contribution >= 4 is 15.9 Å². The maximum atomic E-state index is 4.56. The molecule has 0 aliphatic carbocycles. The van der Waals surface area contributed by atoms with Gasteiger partial charge >= 0.3 is 0 Å². The summed E-state index contributed by atoms with van der Waals surface area (Å²) in [6.45, 7) is 8.09. The first-order valence-electron chi connectivity index (χ1n) is 7.39. The fourth-order valence-corrected chi connectivity index (χ4v) is 2.77. The monoisotopic (exact) mass is 351 g/mol. The second-order valence-corrected chi connectivity index (χ2v) is 5.77. The van der Waals surface area contributed by atoms with Crippen LogP contribution >= 0.6 is 15.9 Å². The van der Waals surface area contributed by atoms with Gasteiger partial charge in [-0.15, -0.1) is 0 Å². The SMILES string of the molecule is CCCNC(Cc1c(Br)c(C)nn1CC)c1ncccn1. The van der Waals surface area contributed by atoms with Gasteiger partial charge in [-0.25, -0.2) is 9.97 Å². The van der Waals surface area contributed by atoms with Gasteiger partial charge in [-0.2, -0.15) is 5.10 Å². The molecule has 0 amide bonds. The minimum Gasteiger partial charge on any atom is -0.307 e. The average Bonchev–Trinajstić information content (AvgIpc) is 2.79. The first-order chi connectivity index (χ1) is 10.2. The van der Waals surface area contributed by atoms with Gasteiger partial charge in [-0.1, -0.05) is 6.92 Å². The number of aromatic nitrogens is 4. The van der Waals surface area contributed by atoms with Gasteiger partial charge in [0.15, 0.2) is 0 Å². The van der Waals surface area contributed by atoms with Crippen molar-refractivity contribution in [2.75, 3.05) is 6.54 Å². The van der Waals surface area contributed by atoms with Crippen LogP contribution in [0.1, 0.15) is 43.5 Å². The molecule has 1 unspecified atom stereocenters. The van der Waals surface area contributed by atoms with Gasteiger partial charge < -0.3 is 5.32 Å². The van der Waals surface area contributed by atoms with Crippen molar-refractivity contribution in [1.29, 1.82) is 0 Å². The van der Waals surface area contributed by atoms with Gasteiger partial charge in [-0.05, 0) is 48.8 Å². The van der Waals surface area contributed by atoms with Crippen LogP contribution in [0.4, 0.5) is 0 Å². The molecule has 0 fully saturated rings. The molecule has 0 aliphatic heterocycles. The third-order valence-corrected chi connectivity index (χ3v) is 4.42. The van der Waals surface area contributed by atoms with E-state index in [-0.39, 0.29) is 6.04 Å². The molecular formula is C15H22BrN5. The molecule has 2 heterocycles. The number of halogens is 1. The van der Waals surface area contributed by atoms with E-state index in [0.717, 1.165) is 41.9 Å². The van der Waals surface area contributed by atoms with E-state index in [1.807, 2.05) is 17.7 Å². The maximum Gasteiger partial charge on any atom is 0.145 e. The Morgan fingerprint density at radius 1 is 1.29 bits per heavy atom. The molecule has 0 spiro atoms. The van der Waals surface area contributed by atoms with Crippen molar-refractivity contribution < 1.29 is 0 Å².